The second kappa shape index (κ2) is 13.6. The van der Waals surface area contributed by atoms with Crippen LogP contribution in [0.15, 0.2) is 48.7 Å². The van der Waals surface area contributed by atoms with E-state index in [1.54, 1.807) is 47.6 Å². The first kappa shape index (κ1) is 31.1. The topological polar surface area (TPSA) is 133 Å². The van der Waals surface area contributed by atoms with Crippen molar-refractivity contribution in [3.8, 4) is 0 Å². The Morgan fingerprint density at radius 2 is 1.49 bits per heavy atom. The second-order valence-electron chi connectivity index (χ2n) is 10.6. The maximum atomic E-state index is 12.9. The molecule has 11 nitrogen and oxygen atoms in total. The Balaban J connectivity index is 2.16. The molecule has 0 saturated heterocycles. The summed E-state index contributed by atoms with van der Waals surface area (Å²) in [6.45, 7) is 10.1. The molecule has 0 aliphatic carbocycles. The van der Waals surface area contributed by atoms with Gasteiger partial charge in [0.1, 0.15) is 29.7 Å². The minimum atomic E-state index is -0.997. The number of aromatic nitrogens is 1. The van der Waals surface area contributed by atoms with E-state index < -0.39 is 41.5 Å². The number of benzene rings is 1. The van der Waals surface area contributed by atoms with Crippen molar-refractivity contribution in [3.63, 3.8) is 0 Å². The molecule has 2 aromatic rings. The zero-order valence-electron chi connectivity index (χ0n) is 23.5. The molecule has 1 aromatic carbocycles. The number of imide groups is 1. The fraction of sp³-hybridized carbons (Fsp3) is 0.464. The second-order valence-corrected chi connectivity index (χ2v) is 10.6. The molecule has 11 heteroatoms. The van der Waals surface area contributed by atoms with Crippen molar-refractivity contribution >= 4 is 30.1 Å². The van der Waals surface area contributed by atoms with E-state index in [4.69, 9.17) is 18.9 Å². The van der Waals surface area contributed by atoms with Crippen molar-refractivity contribution < 1.29 is 38.1 Å². The SMILES string of the molecule is COC(=O)C(CCc1ccnc(N(C(=O)OC(C)(C)C)C(=O)OC(C)(C)C)c1)NC(=O)OCc1ccccc1. The highest BCUT2D eigenvalue weighted by Gasteiger charge is 2.33. The molecule has 39 heavy (non-hydrogen) atoms. The summed E-state index contributed by atoms with van der Waals surface area (Å²) in [5.41, 5.74) is -0.316. The third-order valence-electron chi connectivity index (χ3n) is 4.90. The predicted octanol–water partition coefficient (Wildman–Crippen LogP) is 5.16. The summed E-state index contributed by atoms with van der Waals surface area (Å²) in [5, 5.41) is 2.52. The fourth-order valence-electron chi connectivity index (χ4n) is 3.22. The van der Waals surface area contributed by atoms with E-state index in [1.807, 2.05) is 30.3 Å². The number of alkyl carbamates (subject to hydrolysis) is 1. The average molecular weight is 544 g/mol. The van der Waals surface area contributed by atoms with Crippen LogP contribution < -0.4 is 10.2 Å². The van der Waals surface area contributed by atoms with Gasteiger partial charge in [-0.15, -0.1) is 0 Å². The summed E-state index contributed by atoms with van der Waals surface area (Å²) in [5.74, 6) is -0.661. The molecule has 1 heterocycles. The highest BCUT2D eigenvalue weighted by Crippen LogP contribution is 2.22. The Hall–Kier alpha value is -4.15. The van der Waals surface area contributed by atoms with E-state index in [9.17, 15) is 19.2 Å². The molecule has 2 rings (SSSR count). The van der Waals surface area contributed by atoms with E-state index in [0.717, 1.165) is 10.5 Å². The van der Waals surface area contributed by atoms with Crippen LogP contribution in [0.3, 0.4) is 0 Å². The van der Waals surface area contributed by atoms with Crippen LogP contribution in [-0.2, 0) is 36.8 Å². The van der Waals surface area contributed by atoms with Crippen LogP contribution in [0.5, 0.6) is 0 Å². The summed E-state index contributed by atoms with van der Waals surface area (Å²) in [7, 11) is 1.22. The molecule has 0 aliphatic heterocycles. The van der Waals surface area contributed by atoms with Gasteiger partial charge < -0.3 is 24.3 Å². The van der Waals surface area contributed by atoms with Gasteiger partial charge in [-0.25, -0.2) is 24.2 Å². The van der Waals surface area contributed by atoms with Gasteiger partial charge in [0.2, 0.25) is 0 Å². The minimum absolute atomic E-state index is 0.0131. The van der Waals surface area contributed by atoms with Gasteiger partial charge in [-0.2, -0.15) is 4.90 Å². The Labute approximate surface area is 228 Å². The van der Waals surface area contributed by atoms with Gasteiger partial charge in [0, 0.05) is 6.20 Å². The van der Waals surface area contributed by atoms with Crippen molar-refractivity contribution in [2.24, 2.45) is 0 Å². The lowest BCUT2D eigenvalue weighted by molar-refractivity contribution is -0.143. The van der Waals surface area contributed by atoms with Crippen LogP contribution in [0.1, 0.15) is 59.1 Å². The third kappa shape index (κ3) is 11.0. The zero-order chi connectivity index (χ0) is 29.2. The number of hydrogen-bond acceptors (Lipinski definition) is 9. The first-order chi connectivity index (χ1) is 18.2. The molecular formula is C28H37N3O8. The Kier molecular flexibility index (Phi) is 10.8. The van der Waals surface area contributed by atoms with Gasteiger partial charge in [-0.3, -0.25) is 0 Å². The monoisotopic (exact) mass is 543 g/mol. The quantitative estimate of drug-likeness (QED) is 0.354. The number of nitrogens with zero attached hydrogens (tertiary/aromatic N) is 2. The van der Waals surface area contributed by atoms with E-state index in [-0.39, 0.29) is 25.3 Å². The van der Waals surface area contributed by atoms with Crippen molar-refractivity contribution in [1.29, 1.82) is 0 Å². The first-order valence-electron chi connectivity index (χ1n) is 12.4. The number of carbonyl (C=O) groups is 4. The fourth-order valence-corrected chi connectivity index (χ4v) is 3.22. The molecule has 1 N–H and O–H groups in total. The normalized spacial score (nSPS) is 12.1. The third-order valence-corrected chi connectivity index (χ3v) is 4.90. The lowest BCUT2D eigenvalue weighted by Gasteiger charge is -2.28. The molecule has 1 atom stereocenters. The standard InChI is InChI=1S/C28H37N3O8/c1-27(2,3)38-25(34)31(26(35)39-28(4,5)6)22-17-19(15-16-29-22)13-14-21(23(32)36-7)30-24(33)37-18-20-11-9-8-10-12-20/h8-12,15-17,21H,13-14,18H2,1-7H3,(H,30,33). The van der Waals surface area contributed by atoms with Gasteiger partial charge in [-0.05, 0) is 77.6 Å². The largest absolute Gasteiger partial charge is 0.467 e. The van der Waals surface area contributed by atoms with E-state index in [0.29, 0.717) is 5.56 Å². The number of rotatable bonds is 8. The zero-order valence-corrected chi connectivity index (χ0v) is 23.5. The predicted molar refractivity (Wildman–Crippen MR) is 143 cm³/mol. The number of aryl methyl sites for hydroxylation is 1. The van der Waals surface area contributed by atoms with Crippen molar-refractivity contribution in [2.45, 2.75) is 78.2 Å². The van der Waals surface area contributed by atoms with Gasteiger partial charge in [0.15, 0.2) is 0 Å². The molecule has 0 radical (unpaired) electrons. The van der Waals surface area contributed by atoms with Crippen LogP contribution in [-0.4, -0.2) is 53.6 Å². The Morgan fingerprint density at radius 1 is 0.897 bits per heavy atom. The summed E-state index contributed by atoms with van der Waals surface area (Å²) in [4.78, 5) is 55.4. The molecule has 3 amide bonds. The van der Waals surface area contributed by atoms with Crippen molar-refractivity contribution in [1.82, 2.24) is 10.3 Å². The number of pyridine rings is 1. The Bertz CT molecular complexity index is 1110. The van der Waals surface area contributed by atoms with Crippen LogP contribution in [0.25, 0.3) is 0 Å². The minimum Gasteiger partial charge on any atom is -0.467 e. The highest BCUT2D eigenvalue weighted by molar-refractivity contribution is 6.08. The highest BCUT2D eigenvalue weighted by atomic mass is 16.6. The summed E-state index contributed by atoms with van der Waals surface area (Å²) in [6.07, 6.45) is -0.833. The van der Waals surface area contributed by atoms with Gasteiger partial charge in [0.25, 0.3) is 0 Å². The molecule has 0 saturated carbocycles. The number of amides is 3. The first-order valence-corrected chi connectivity index (χ1v) is 12.4. The molecule has 0 spiro atoms. The number of hydrogen-bond donors (Lipinski definition) is 1. The van der Waals surface area contributed by atoms with E-state index in [2.05, 4.69) is 10.3 Å². The number of methoxy groups -OCH3 is 1. The van der Waals surface area contributed by atoms with Crippen molar-refractivity contribution in [2.75, 3.05) is 12.0 Å². The van der Waals surface area contributed by atoms with Gasteiger partial charge >= 0.3 is 24.2 Å². The van der Waals surface area contributed by atoms with Gasteiger partial charge in [-0.1, -0.05) is 30.3 Å². The maximum absolute atomic E-state index is 12.9. The van der Waals surface area contributed by atoms with Crippen LogP contribution in [0.4, 0.5) is 20.2 Å². The van der Waals surface area contributed by atoms with Gasteiger partial charge in [0.05, 0.1) is 7.11 Å². The van der Waals surface area contributed by atoms with E-state index in [1.165, 1.54) is 19.4 Å². The molecule has 1 unspecified atom stereocenters. The summed E-state index contributed by atoms with van der Waals surface area (Å²) >= 11 is 0. The molecular weight excluding hydrogens is 506 g/mol. The number of anilines is 1. The van der Waals surface area contributed by atoms with Crippen LogP contribution in [0, 0.1) is 0 Å². The molecule has 0 fully saturated rings. The smallest absolute Gasteiger partial charge is 0.425 e. The van der Waals surface area contributed by atoms with Crippen LogP contribution in [0.2, 0.25) is 0 Å². The summed E-state index contributed by atoms with van der Waals surface area (Å²) < 4.78 is 20.8. The van der Waals surface area contributed by atoms with Crippen LogP contribution >= 0.6 is 0 Å². The average Bonchev–Trinajstić information content (AvgIpc) is 2.83. The molecule has 212 valence electrons. The van der Waals surface area contributed by atoms with Crippen molar-refractivity contribution in [3.05, 3.63) is 59.8 Å². The lowest BCUT2D eigenvalue weighted by atomic mass is 10.1. The molecule has 0 bridgehead atoms. The van der Waals surface area contributed by atoms with E-state index >= 15 is 0 Å². The lowest BCUT2D eigenvalue weighted by Crippen LogP contribution is -2.44. The Morgan fingerprint density at radius 3 is 2.03 bits per heavy atom. The maximum Gasteiger partial charge on any atom is 0.425 e. The number of nitrogens with one attached hydrogen (secondary N) is 1. The molecule has 0 aliphatic rings. The molecule has 1 aromatic heterocycles. The summed E-state index contributed by atoms with van der Waals surface area (Å²) in [6, 6.07) is 11.3. The number of carbonyl (C=O) groups excluding carboxylic acids is 4. The number of esters is 1. The number of ether oxygens (including phenoxy) is 4.